The summed E-state index contributed by atoms with van der Waals surface area (Å²) in [6, 6.07) is 8.61. The molecule has 30 heavy (non-hydrogen) atoms. The van der Waals surface area contributed by atoms with Crippen LogP contribution >= 0.6 is 23.1 Å². The van der Waals surface area contributed by atoms with Crippen LogP contribution in [0.3, 0.4) is 0 Å². The highest BCUT2D eigenvalue weighted by Crippen LogP contribution is 2.22. The number of anilines is 1. The van der Waals surface area contributed by atoms with Crippen molar-refractivity contribution in [1.29, 1.82) is 0 Å². The predicted molar refractivity (Wildman–Crippen MR) is 119 cm³/mol. The van der Waals surface area contributed by atoms with Gasteiger partial charge in [0.2, 0.25) is 5.91 Å². The average molecular weight is 443 g/mol. The number of hydrogen-bond acceptors (Lipinski definition) is 7. The molecular formula is C20H22N6O2S2. The number of carbonyl (C=O) groups is 2. The van der Waals surface area contributed by atoms with E-state index in [1.807, 2.05) is 42.0 Å². The maximum atomic E-state index is 12.4. The monoisotopic (exact) mass is 442 g/mol. The molecule has 0 fully saturated rings. The Morgan fingerprint density at radius 3 is 2.73 bits per heavy atom. The van der Waals surface area contributed by atoms with E-state index in [1.54, 1.807) is 18.2 Å². The van der Waals surface area contributed by atoms with Crippen molar-refractivity contribution in [3.8, 4) is 0 Å². The number of nitrogens with one attached hydrogen (secondary N) is 2. The smallest absolute Gasteiger partial charge is 0.251 e. The number of allylic oxidation sites excluding steroid dienone is 1. The summed E-state index contributed by atoms with van der Waals surface area (Å²) in [6.45, 7) is 7.96. The fraction of sp³-hybridized carbons (Fsp3) is 0.250. The number of hydrogen-bond donors (Lipinski definition) is 2. The molecule has 2 amide bonds. The Hall–Kier alpha value is -2.98. The Bertz CT molecular complexity index is 1030. The van der Waals surface area contributed by atoms with Crippen molar-refractivity contribution < 1.29 is 9.59 Å². The number of aromatic nitrogens is 4. The predicted octanol–water partition coefficient (Wildman–Crippen LogP) is 3.45. The Balaban J connectivity index is 1.65. The van der Waals surface area contributed by atoms with Crippen molar-refractivity contribution in [3.63, 3.8) is 0 Å². The number of carbonyl (C=O) groups excluding carboxylic acids is 2. The lowest BCUT2D eigenvalue weighted by Gasteiger charge is -2.15. The van der Waals surface area contributed by atoms with Gasteiger partial charge in [-0.1, -0.05) is 36.0 Å². The molecule has 0 bridgehead atoms. The van der Waals surface area contributed by atoms with Crippen molar-refractivity contribution in [2.24, 2.45) is 0 Å². The second-order valence-electron chi connectivity index (χ2n) is 6.43. The minimum Gasteiger partial charge on any atom is -0.342 e. The first-order valence-corrected chi connectivity index (χ1v) is 11.1. The number of amides is 2. The molecule has 2 N–H and O–H groups in total. The van der Waals surface area contributed by atoms with Gasteiger partial charge in [-0.2, -0.15) is 0 Å². The highest BCUT2D eigenvalue weighted by atomic mass is 32.2. The molecule has 3 rings (SSSR count). The van der Waals surface area contributed by atoms with Crippen LogP contribution in [0.2, 0.25) is 0 Å². The van der Waals surface area contributed by atoms with Crippen LogP contribution in [0.15, 0.2) is 53.5 Å². The van der Waals surface area contributed by atoms with E-state index >= 15 is 0 Å². The van der Waals surface area contributed by atoms with Gasteiger partial charge in [-0.05, 0) is 26.0 Å². The van der Waals surface area contributed by atoms with Gasteiger partial charge in [-0.3, -0.25) is 9.59 Å². The maximum absolute atomic E-state index is 12.4. The molecule has 8 nitrogen and oxygen atoms in total. The van der Waals surface area contributed by atoms with Crippen LogP contribution < -0.4 is 10.6 Å². The molecule has 3 aromatic rings. The summed E-state index contributed by atoms with van der Waals surface area (Å²) in [6.07, 6.45) is 1.72. The largest absolute Gasteiger partial charge is 0.342 e. The van der Waals surface area contributed by atoms with Gasteiger partial charge >= 0.3 is 0 Å². The number of nitrogens with zero attached hydrogens (tertiary/aromatic N) is 4. The van der Waals surface area contributed by atoms with Crippen molar-refractivity contribution in [1.82, 2.24) is 25.1 Å². The Labute approximate surface area is 182 Å². The lowest BCUT2D eigenvalue weighted by atomic mass is 10.2. The van der Waals surface area contributed by atoms with Crippen LogP contribution in [0.5, 0.6) is 0 Å². The van der Waals surface area contributed by atoms with Crippen molar-refractivity contribution in [2.75, 3.05) is 11.1 Å². The van der Waals surface area contributed by atoms with E-state index < -0.39 is 0 Å². The topological polar surface area (TPSA) is 102 Å². The third-order valence-corrected chi connectivity index (χ3v) is 5.87. The van der Waals surface area contributed by atoms with Gasteiger partial charge in [-0.25, -0.2) is 4.98 Å². The zero-order chi connectivity index (χ0) is 21.5. The van der Waals surface area contributed by atoms with E-state index in [4.69, 9.17) is 0 Å². The van der Waals surface area contributed by atoms with Gasteiger partial charge in [0, 0.05) is 17.5 Å². The highest BCUT2D eigenvalue weighted by molar-refractivity contribution is 7.99. The zero-order valence-corrected chi connectivity index (χ0v) is 18.3. The standard InChI is InChI=1S/C20H22N6O2S2/c1-4-10-26-17(14(3)22-18(28)15-8-6-5-7-9-15)24-25-20(26)30-12-16(27)23-19-21-13(2)11-29-19/h4-9,11,14H,1,10,12H2,2-3H3,(H,22,28)(H,21,23,27)/t14-/m1/s1. The number of rotatable bonds is 9. The quantitative estimate of drug-likeness (QED) is 0.389. The molecule has 1 aromatic carbocycles. The molecule has 0 spiro atoms. The van der Waals surface area contributed by atoms with E-state index in [0.717, 1.165) is 5.69 Å². The normalized spacial score (nSPS) is 11.7. The molecule has 0 aliphatic heterocycles. The highest BCUT2D eigenvalue weighted by Gasteiger charge is 2.20. The third-order valence-electron chi connectivity index (χ3n) is 4.03. The SMILES string of the molecule is C=CCn1c(SCC(=O)Nc2nc(C)cs2)nnc1[C@@H](C)NC(=O)c1ccccc1. The molecule has 0 saturated heterocycles. The molecule has 0 aliphatic rings. The summed E-state index contributed by atoms with van der Waals surface area (Å²) < 4.78 is 1.84. The molecule has 10 heteroatoms. The molecule has 2 heterocycles. The third kappa shape index (κ3) is 5.55. The van der Waals surface area contributed by atoms with Crippen molar-refractivity contribution >= 4 is 40.0 Å². The average Bonchev–Trinajstić information content (AvgIpc) is 3.33. The van der Waals surface area contributed by atoms with Gasteiger partial charge in [-0.15, -0.1) is 28.1 Å². The van der Waals surface area contributed by atoms with E-state index in [1.165, 1.54) is 23.1 Å². The second kappa shape index (κ2) is 10.2. The minimum absolute atomic E-state index is 0.165. The van der Waals surface area contributed by atoms with Crippen LogP contribution in [0.1, 0.15) is 34.8 Å². The van der Waals surface area contributed by atoms with Crippen LogP contribution in [0.4, 0.5) is 5.13 Å². The van der Waals surface area contributed by atoms with E-state index in [9.17, 15) is 9.59 Å². The molecule has 0 aliphatic carbocycles. The van der Waals surface area contributed by atoms with E-state index in [0.29, 0.717) is 28.2 Å². The number of thioether (sulfide) groups is 1. The first kappa shape index (κ1) is 21.7. The fourth-order valence-electron chi connectivity index (χ4n) is 2.66. The number of aryl methyl sites for hydroxylation is 1. The summed E-state index contributed by atoms with van der Waals surface area (Å²) in [5, 5.41) is 17.2. The fourth-order valence-corrected chi connectivity index (χ4v) is 4.12. The molecule has 0 radical (unpaired) electrons. The lowest BCUT2D eigenvalue weighted by Crippen LogP contribution is -2.28. The van der Waals surface area contributed by atoms with E-state index in [2.05, 4.69) is 32.4 Å². The second-order valence-corrected chi connectivity index (χ2v) is 8.23. The van der Waals surface area contributed by atoms with Gasteiger partial charge in [0.25, 0.3) is 5.91 Å². The van der Waals surface area contributed by atoms with Crippen LogP contribution in [-0.2, 0) is 11.3 Å². The summed E-state index contributed by atoms with van der Waals surface area (Å²) >= 11 is 2.65. The summed E-state index contributed by atoms with van der Waals surface area (Å²) in [4.78, 5) is 28.9. The van der Waals surface area contributed by atoms with Crippen molar-refractivity contribution in [3.05, 3.63) is 65.4 Å². The molecule has 0 saturated carbocycles. The molecule has 1 atom stereocenters. The Morgan fingerprint density at radius 1 is 1.30 bits per heavy atom. The van der Waals surface area contributed by atoms with Crippen molar-refractivity contribution in [2.45, 2.75) is 31.6 Å². The molecular weight excluding hydrogens is 420 g/mol. The summed E-state index contributed by atoms with van der Waals surface area (Å²) in [5.41, 5.74) is 1.44. The molecule has 2 aromatic heterocycles. The van der Waals surface area contributed by atoms with Gasteiger partial charge in [0.1, 0.15) is 0 Å². The van der Waals surface area contributed by atoms with E-state index in [-0.39, 0.29) is 23.6 Å². The number of benzene rings is 1. The van der Waals surface area contributed by atoms with Gasteiger partial charge in [0.15, 0.2) is 16.1 Å². The summed E-state index contributed by atoms with van der Waals surface area (Å²) in [5.74, 6) is 0.397. The Morgan fingerprint density at radius 2 is 2.07 bits per heavy atom. The van der Waals surface area contributed by atoms with Crippen LogP contribution in [-0.4, -0.2) is 37.3 Å². The van der Waals surface area contributed by atoms with Crippen LogP contribution in [0, 0.1) is 6.92 Å². The molecule has 156 valence electrons. The van der Waals surface area contributed by atoms with Gasteiger partial charge in [0.05, 0.1) is 17.5 Å². The molecule has 0 unspecified atom stereocenters. The Kier molecular flexibility index (Phi) is 7.36. The lowest BCUT2D eigenvalue weighted by molar-refractivity contribution is -0.113. The first-order valence-electron chi connectivity index (χ1n) is 9.22. The van der Waals surface area contributed by atoms with Gasteiger partial charge < -0.3 is 15.2 Å². The van der Waals surface area contributed by atoms with Crippen LogP contribution in [0.25, 0.3) is 0 Å². The summed E-state index contributed by atoms with van der Waals surface area (Å²) in [7, 11) is 0. The zero-order valence-electron chi connectivity index (χ0n) is 16.7. The maximum Gasteiger partial charge on any atom is 0.251 e. The first-order chi connectivity index (χ1) is 14.5. The number of thiazole rings is 1. The minimum atomic E-state index is -0.369.